The fraction of sp³-hybridized carbons (Fsp3) is 0.583. The molecule has 0 bridgehead atoms. The molecule has 1 heterocycles. The Kier molecular flexibility index (Phi) is 5.00. The fourth-order valence-electron chi connectivity index (χ4n) is 1.52. The first-order valence-corrected chi connectivity index (χ1v) is 6.04. The van der Waals surface area contributed by atoms with Crippen LogP contribution >= 0.6 is 11.6 Å². The maximum atomic E-state index is 13.9. The van der Waals surface area contributed by atoms with E-state index in [1.54, 1.807) is 12.3 Å². The number of hydrogen-bond donors (Lipinski definition) is 0. The predicted molar refractivity (Wildman–Crippen MR) is 66.5 cm³/mol. The van der Waals surface area contributed by atoms with Crippen molar-refractivity contribution in [2.75, 3.05) is 18.5 Å². The molecule has 4 heteroatoms. The number of hydrogen-bond acceptors (Lipinski definition) is 2. The van der Waals surface area contributed by atoms with Crippen LogP contribution in [-0.4, -0.2) is 18.6 Å². The average Bonchev–Trinajstić information content (AvgIpc) is 2.29. The van der Waals surface area contributed by atoms with Gasteiger partial charge in [-0.1, -0.05) is 20.3 Å². The van der Waals surface area contributed by atoms with Crippen LogP contribution in [0.3, 0.4) is 0 Å². The molecule has 0 N–H and O–H groups in total. The van der Waals surface area contributed by atoms with Crippen LogP contribution in [0.1, 0.15) is 25.8 Å². The van der Waals surface area contributed by atoms with Gasteiger partial charge in [-0.05, 0) is 12.0 Å². The summed E-state index contributed by atoms with van der Waals surface area (Å²) in [6, 6.07) is 1.61. The van der Waals surface area contributed by atoms with Gasteiger partial charge in [0.2, 0.25) is 0 Å². The highest BCUT2D eigenvalue weighted by atomic mass is 35.5. The van der Waals surface area contributed by atoms with Crippen LogP contribution in [0.4, 0.5) is 10.2 Å². The lowest BCUT2D eigenvalue weighted by atomic mass is 10.1. The van der Waals surface area contributed by atoms with Crippen LogP contribution in [0, 0.1) is 11.7 Å². The molecule has 0 spiro atoms. The lowest BCUT2D eigenvalue weighted by Gasteiger charge is -2.22. The number of anilines is 1. The first kappa shape index (κ1) is 13.2. The Morgan fingerprint density at radius 2 is 2.25 bits per heavy atom. The number of nitrogens with zero attached hydrogens (tertiary/aromatic N) is 2. The van der Waals surface area contributed by atoms with Crippen LogP contribution in [0.15, 0.2) is 12.3 Å². The third-order valence-electron chi connectivity index (χ3n) is 2.74. The van der Waals surface area contributed by atoms with E-state index in [9.17, 15) is 4.39 Å². The summed E-state index contributed by atoms with van der Waals surface area (Å²) in [7, 11) is 1.86. The summed E-state index contributed by atoms with van der Waals surface area (Å²) in [6.07, 6.45) is 2.67. The molecule has 0 aromatic carbocycles. The van der Waals surface area contributed by atoms with Crippen LogP contribution < -0.4 is 4.90 Å². The third kappa shape index (κ3) is 3.08. The van der Waals surface area contributed by atoms with Crippen molar-refractivity contribution in [3.8, 4) is 0 Å². The molecule has 90 valence electrons. The minimum Gasteiger partial charge on any atom is -0.357 e. The number of pyridine rings is 1. The van der Waals surface area contributed by atoms with E-state index in [4.69, 9.17) is 11.6 Å². The lowest BCUT2D eigenvalue weighted by molar-refractivity contribution is 0.544. The molecule has 0 radical (unpaired) electrons. The van der Waals surface area contributed by atoms with Crippen LogP contribution in [0.25, 0.3) is 0 Å². The number of rotatable bonds is 5. The van der Waals surface area contributed by atoms with Crippen LogP contribution in [0.2, 0.25) is 0 Å². The zero-order chi connectivity index (χ0) is 12.1. The molecule has 0 aliphatic carbocycles. The summed E-state index contributed by atoms with van der Waals surface area (Å²) in [4.78, 5) is 5.91. The van der Waals surface area contributed by atoms with Crippen molar-refractivity contribution in [3.63, 3.8) is 0 Å². The van der Waals surface area contributed by atoms with E-state index < -0.39 is 0 Å². The van der Waals surface area contributed by atoms with Gasteiger partial charge >= 0.3 is 0 Å². The van der Waals surface area contributed by atoms with Gasteiger partial charge in [-0.25, -0.2) is 9.37 Å². The first-order chi connectivity index (χ1) is 7.60. The van der Waals surface area contributed by atoms with E-state index in [2.05, 4.69) is 18.8 Å². The van der Waals surface area contributed by atoms with Gasteiger partial charge in [-0.15, -0.1) is 11.6 Å². The van der Waals surface area contributed by atoms with E-state index in [0.29, 0.717) is 17.3 Å². The zero-order valence-corrected chi connectivity index (χ0v) is 10.8. The third-order valence-corrected chi connectivity index (χ3v) is 3.03. The Bertz CT molecular complexity index is 344. The molecule has 1 atom stereocenters. The smallest absolute Gasteiger partial charge is 0.170 e. The molecular weight excluding hydrogens is 227 g/mol. The minimum atomic E-state index is -0.302. The molecule has 1 aromatic rings. The molecule has 0 aliphatic heterocycles. The highest BCUT2D eigenvalue weighted by molar-refractivity contribution is 6.17. The van der Waals surface area contributed by atoms with E-state index in [1.165, 1.54) is 0 Å². The van der Waals surface area contributed by atoms with Crippen molar-refractivity contribution >= 4 is 17.4 Å². The largest absolute Gasteiger partial charge is 0.357 e. The zero-order valence-electron chi connectivity index (χ0n) is 10.0. The van der Waals surface area contributed by atoms with Crippen molar-refractivity contribution < 1.29 is 4.39 Å². The fourth-order valence-corrected chi connectivity index (χ4v) is 1.73. The minimum absolute atomic E-state index is 0.179. The summed E-state index contributed by atoms with van der Waals surface area (Å²) in [5.41, 5.74) is 0.502. The molecular formula is C12H18ClFN2. The monoisotopic (exact) mass is 244 g/mol. The van der Waals surface area contributed by atoms with Crippen molar-refractivity contribution in [2.45, 2.75) is 26.1 Å². The van der Waals surface area contributed by atoms with Crippen molar-refractivity contribution in [2.24, 2.45) is 5.92 Å². The highest BCUT2D eigenvalue weighted by Crippen LogP contribution is 2.20. The number of halogens is 2. The average molecular weight is 245 g/mol. The predicted octanol–water partition coefficient (Wildman–Crippen LogP) is 3.44. The summed E-state index contributed by atoms with van der Waals surface area (Å²) in [5.74, 6) is 0.783. The maximum absolute atomic E-state index is 13.9. The molecule has 16 heavy (non-hydrogen) atoms. The van der Waals surface area contributed by atoms with Crippen molar-refractivity contribution in [3.05, 3.63) is 23.6 Å². The van der Waals surface area contributed by atoms with E-state index in [0.717, 1.165) is 13.0 Å². The molecule has 1 unspecified atom stereocenters. The van der Waals surface area contributed by atoms with Gasteiger partial charge in [-0.2, -0.15) is 0 Å². The summed E-state index contributed by atoms with van der Waals surface area (Å²) in [6.45, 7) is 5.06. The summed E-state index contributed by atoms with van der Waals surface area (Å²) >= 11 is 5.66. The van der Waals surface area contributed by atoms with E-state index >= 15 is 0 Å². The Morgan fingerprint density at radius 1 is 1.56 bits per heavy atom. The Balaban J connectivity index is 2.86. The topological polar surface area (TPSA) is 16.1 Å². The second-order valence-corrected chi connectivity index (χ2v) is 4.40. The Morgan fingerprint density at radius 3 is 2.81 bits per heavy atom. The summed E-state index contributed by atoms with van der Waals surface area (Å²) in [5, 5.41) is 0. The number of aromatic nitrogens is 1. The molecule has 0 saturated carbocycles. The summed E-state index contributed by atoms with van der Waals surface area (Å²) < 4.78 is 13.9. The van der Waals surface area contributed by atoms with Crippen LogP contribution in [-0.2, 0) is 5.88 Å². The normalized spacial score (nSPS) is 12.6. The van der Waals surface area contributed by atoms with Gasteiger partial charge in [0.05, 0.1) is 5.88 Å². The second-order valence-electron chi connectivity index (χ2n) is 4.14. The van der Waals surface area contributed by atoms with Gasteiger partial charge in [-0.3, -0.25) is 0 Å². The molecule has 1 rings (SSSR count). The van der Waals surface area contributed by atoms with E-state index in [1.807, 2.05) is 11.9 Å². The molecule has 0 amide bonds. The SMILES string of the molecule is CCC(C)CN(C)c1nccc(CCl)c1F. The van der Waals surface area contributed by atoms with Crippen LogP contribution in [0.5, 0.6) is 0 Å². The first-order valence-electron chi connectivity index (χ1n) is 5.50. The van der Waals surface area contributed by atoms with Gasteiger partial charge in [0.1, 0.15) is 0 Å². The van der Waals surface area contributed by atoms with Gasteiger partial charge in [0.25, 0.3) is 0 Å². The Hall–Kier alpha value is -0.830. The maximum Gasteiger partial charge on any atom is 0.170 e. The molecule has 0 saturated heterocycles. The Labute approximate surface area is 101 Å². The standard InChI is InChI=1S/C12H18ClFN2/c1-4-9(2)8-16(3)12-11(14)10(7-13)5-6-15-12/h5-6,9H,4,7-8H2,1-3H3. The lowest BCUT2D eigenvalue weighted by Crippen LogP contribution is -2.25. The van der Waals surface area contributed by atoms with E-state index in [-0.39, 0.29) is 11.7 Å². The van der Waals surface area contributed by atoms with Gasteiger partial charge in [0, 0.05) is 25.4 Å². The molecule has 2 nitrogen and oxygen atoms in total. The molecule has 0 aliphatic rings. The van der Waals surface area contributed by atoms with Gasteiger partial charge in [0.15, 0.2) is 11.6 Å². The molecule has 1 aromatic heterocycles. The second kappa shape index (κ2) is 6.04. The highest BCUT2D eigenvalue weighted by Gasteiger charge is 2.14. The number of alkyl halides is 1. The van der Waals surface area contributed by atoms with Crippen molar-refractivity contribution in [1.82, 2.24) is 4.98 Å². The quantitative estimate of drug-likeness (QED) is 0.738. The van der Waals surface area contributed by atoms with Gasteiger partial charge < -0.3 is 4.90 Å². The van der Waals surface area contributed by atoms with Crippen molar-refractivity contribution in [1.29, 1.82) is 0 Å². The molecule has 0 fully saturated rings.